The van der Waals surface area contributed by atoms with Gasteiger partial charge in [-0.2, -0.15) is 0 Å². The fourth-order valence-electron chi connectivity index (χ4n) is 2.90. The third kappa shape index (κ3) is 5.41. The summed E-state index contributed by atoms with van der Waals surface area (Å²) in [6.45, 7) is 0.0254. The van der Waals surface area contributed by atoms with Crippen molar-refractivity contribution in [3.8, 4) is 0 Å². The van der Waals surface area contributed by atoms with Crippen LogP contribution in [0.2, 0.25) is 5.02 Å². The average molecular weight is 480 g/mol. The van der Waals surface area contributed by atoms with Gasteiger partial charge in [0.15, 0.2) is 5.03 Å². The Bertz CT molecular complexity index is 1250. The number of carbonyl (C=O) groups excluding carboxylic acids is 1. The summed E-state index contributed by atoms with van der Waals surface area (Å²) in [5.74, 6) is -1.28. The monoisotopic (exact) mass is 479 g/mol. The molecule has 10 heteroatoms. The van der Waals surface area contributed by atoms with E-state index in [2.05, 4.69) is 10.3 Å². The van der Waals surface area contributed by atoms with Gasteiger partial charge in [0.25, 0.3) is 0 Å². The summed E-state index contributed by atoms with van der Waals surface area (Å²) in [6, 6.07) is 11.1. The van der Waals surface area contributed by atoms with Gasteiger partial charge in [0.1, 0.15) is 11.6 Å². The molecule has 0 aliphatic carbocycles. The van der Waals surface area contributed by atoms with Crippen LogP contribution in [0, 0.1) is 11.6 Å². The summed E-state index contributed by atoms with van der Waals surface area (Å²) in [7, 11) is -0.848. The predicted octanol–water partition coefficient (Wildman–Crippen LogP) is 4.21. The van der Waals surface area contributed by atoms with Gasteiger partial charge in [0.05, 0.1) is 10.6 Å². The van der Waals surface area contributed by atoms with E-state index < -0.39 is 21.5 Å². The minimum Gasteiger partial charge on any atom is -0.334 e. The molecule has 0 fully saturated rings. The molecule has 2 amide bonds. The van der Waals surface area contributed by atoms with Gasteiger partial charge in [0.2, 0.25) is 9.84 Å². The lowest BCUT2D eigenvalue weighted by molar-refractivity contribution is 0.217. The van der Waals surface area contributed by atoms with Gasteiger partial charge in [-0.3, -0.25) is 0 Å². The van der Waals surface area contributed by atoms with E-state index in [1.807, 2.05) is 0 Å². The van der Waals surface area contributed by atoms with Gasteiger partial charge in [-0.1, -0.05) is 17.7 Å². The maximum atomic E-state index is 14.2. The summed E-state index contributed by atoms with van der Waals surface area (Å²) in [4.78, 5) is 17.5. The van der Waals surface area contributed by atoms with Crippen molar-refractivity contribution >= 4 is 27.5 Å². The smallest absolute Gasteiger partial charge is 0.317 e. The number of carbonyl (C=O) groups is 1. The van der Waals surface area contributed by atoms with Crippen LogP contribution in [0.15, 0.2) is 64.5 Å². The molecule has 0 saturated heterocycles. The van der Waals surface area contributed by atoms with E-state index in [1.165, 1.54) is 41.3 Å². The van der Waals surface area contributed by atoms with Gasteiger partial charge in [-0.05, 0) is 59.7 Å². The van der Waals surface area contributed by atoms with Crippen molar-refractivity contribution in [3.63, 3.8) is 0 Å². The molecule has 0 spiro atoms. The van der Waals surface area contributed by atoms with Crippen molar-refractivity contribution < 1.29 is 22.0 Å². The third-order valence-corrected chi connectivity index (χ3v) is 6.57. The molecule has 1 aromatic heterocycles. The first kappa shape index (κ1) is 23.6. The van der Waals surface area contributed by atoms with Gasteiger partial charge in [0, 0.05) is 32.1 Å². The SMILES string of the molecule is CN(C)C(=O)NCc1ccc(S(=O)(=O)c2ccc(Cl)cc2)nc1Cc1cc(F)ccc1F. The second kappa shape index (κ2) is 9.62. The Morgan fingerprint density at radius 2 is 1.72 bits per heavy atom. The zero-order valence-corrected chi connectivity index (χ0v) is 18.8. The molecule has 3 aromatic rings. The number of nitrogens with one attached hydrogen (secondary N) is 1. The highest BCUT2D eigenvalue weighted by Crippen LogP contribution is 2.24. The maximum absolute atomic E-state index is 14.2. The molecule has 0 aliphatic heterocycles. The number of urea groups is 1. The van der Waals surface area contributed by atoms with Crippen molar-refractivity contribution in [2.24, 2.45) is 0 Å². The van der Waals surface area contributed by atoms with E-state index in [9.17, 15) is 22.0 Å². The van der Waals surface area contributed by atoms with Crippen molar-refractivity contribution in [2.45, 2.75) is 22.9 Å². The van der Waals surface area contributed by atoms with Crippen LogP contribution in [0.5, 0.6) is 0 Å². The fraction of sp³-hybridized carbons (Fsp3) is 0.182. The normalized spacial score (nSPS) is 11.3. The summed E-state index contributed by atoms with van der Waals surface area (Å²) < 4.78 is 53.9. The van der Waals surface area contributed by atoms with Gasteiger partial charge in [-0.15, -0.1) is 0 Å². The van der Waals surface area contributed by atoms with Crippen molar-refractivity contribution in [1.29, 1.82) is 0 Å². The number of aromatic nitrogens is 1. The van der Waals surface area contributed by atoms with E-state index in [-0.39, 0.29) is 40.2 Å². The second-order valence-corrected chi connectivity index (χ2v) is 9.51. The molecule has 0 atom stereocenters. The maximum Gasteiger partial charge on any atom is 0.317 e. The van der Waals surface area contributed by atoms with Crippen LogP contribution in [0.4, 0.5) is 13.6 Å². The van der Waals surface area contributed by atoms with Crippen LogP contribution in [0.1, 0.15) is 16.8 Å². The Morgan fingerprint density at radius 3 is 2.38 bits per heavy atom. The third-order valence-electron chi connectivity index (χ3n) is 4.64. The highest BCUT2D eigenvalue weighted by atomic mass is 35.5. The Kier molecular flexibility index (Phi) is 7.10. The van der Waals surface area contributed by atoms with Crippen LogP contribution < -0.4 is 5.32 Å². The quantitative estimate of drug-likeness (QED) is 0.574. The minimum absolute atomic E-state index is 0.00838. The number of sulfone groups is 1. The van der Waals surface area contributed by atoms with Crippen LogP contribution in [0.25, 0.3) is 0 Å². The average Bonchev–Trinajstić information content (AvgIpc) is 2.75. The Hall–Kier alpha value is -3.04. The van der Waals surface area contributed by atoms with E-state index in [0.717, 1.165) is 18.2 Å². The summed E-state index contributed by atoms with van der Waals surface area (Å²) in [6.07, 6.45) is -0.166. The zero-order valence-electron chi connectivity index (χ0n) is 17.3. The first-order valence-electron chi connectivity index (χ1n) is 9.46. The molecule has 32 heavy (non-hydrogen) atoms. The molecule has 0 aliphatic rings. The van der Waals surface area contributed by atoms with Crippen molar-refractivity contribution in [1.82, 2.24) is 15.2 Å². The largest absolute Gasteiger partial charge is 0.334 e. The van der Waals surface area contributed by atoms with Crippen molar-refractivity contribution in [2.75, 3.05) is 14.1 Å². The summed E-state index contributed by atoms with van der Waals surface area (Å²) >= 11 is 5.84. The molecule has 1 N–H and O–H groups in total. The molecule has 0 unspecified atom stereocenters. The van der Waals surface area contributed by atoms with Gasteiger partial charge >= 0.3 is 6.03 Å². The first-order valence-corrected chi connectivity index (χ1v) is 11.3. The molecule has 3 rings (SSSR count). The predicted molar refractivity (Wildman–Crippen MR) is 116 cm³/mol. The number of rotatable bonds is 6. The van der Waals surface area contributed by atoms with Gasteiger partial charge in [-0.25, -0.2) is 27.0 Å². The Morgan fingerprint density at radius 1 is 1.03 bits per heavy atom. The molecule has 0 bridgehead atoms. The van der Waals surface area contributed by atoms with E-state index >= 15 is 0 Å². The molecule has 0 radical (unpaired) electrons. The Labute approximate surface area is 189 Å². The minimum atomic E-state index is -3.98. The number of nitrogens with zero attached hydrogens (tertiary/aromatic N) is 2. The molecule has 1 heterocycles. The van der Waals surface area contributed by atoms with Crippen LogP contribution >= 0.6 is 11.6 Å². The number of pyridine rings is 1. The molecule has 2 aromatic carbocycles. The van der Waals surface area contributed by atoms with E-state index in [0.29, 0.717) is 10.6 Å². The zero-order chi connectivity index (χ0) is 23.5. The first-order chi connectivity index (χ1) is 15.1. The molecule has 0 saturated carbocycles. The standard InChI is InChI=1S/C22H20ClF2N3O3S/c1-28(2)22(29)26-13-14-3-10-21(32(30,31)18-7-4-16(23)5-8-18)27-20(14)12-15-11-17(24)6-9-19(15)25/h3-11H,12-13H2,1-2H3,(H,26,29). The topological polar surface area (TPSA) is 79.4 Å². The Balaban J connectivity index is 2.04. The fourth-order valence-corrected chi connectivity index (χ4v) is 4.24. The lowest BCUT2D eigenvalue weighted by Gasteiger charge is -2.15. The molecule has 168 valence electrons. The van der Waals surface area contributed by atoms with E-state index in [4.69, 9.17) is 11.6 Å². The lowest BCUT2D eigenvalue weighted by atomic mass is 10.0. The molecular weight excluding hydrogens is 460 g/mol. The lowest BCUT2D eigenvalue weighted by Crippen LogP contribution is -2.34. The van der Waals surface area contributed by atoms with Crippen molar-refractivity contribution in [3.05, 3.63) is 88.1 Å². The van der Waals surface area contributed by atoms with Gasteiger partial charge < -0.3 is 10.2 Å². The highest BCUT2D eigenvalue weighted by molar-refractivity contribution is 7.91. The number of amides is 2. The van der Waals surface area contributed by atoms with Crippen LogP contribution in [-0.4, -0.2) is 38.4 Å². The summed E-state index contributed by atoms with van der Waals surface area (Å²) in [5, 5.41) is 2.79. The number of hydrogen-bond donors (Lipinski definition) is 1. The number of halogens is 3. The molecule has 6 nitrogen and oxygen atoms in total. The highest BCUT2D eigenvalue weighted by Gasteiger charge is 2.22. The molecular formula is C22H20ClF2N3O3S. The second-order valence-electron chi connectivity index (χ2n) is 7.18. The number of hydrogen-bond acceptors (Lipinski definition) is 4. The van der Waals surface area contributed by atoms with Crippen LogP contribution in [-0.2, 0) is 22.8 Å². The van der Waals surface area contributed by atoms with E-state index in [1.54, 1.807) is 14.1 Å². The summed E-state index contributed by atoms with van der Waals surface area (Å²) in [5.41, 5.74) is 0.682. The number of benzene rings is 2. The van der Waals surface area contributed by atoms with Crippen LogP contribution in [0.3, 0.4) is 0 Å².